The number of carbonyl (C=O) groups is 1. The Balaban J connectivity index is 1.48. The molecular formula is C20H21N3O3. The topological polar surface area (TPSA) is 79.2 Å². The minimum absolute atomic E-state index is 0.0193. The van der Waals surface area contributed by atoms with E-state index >= 15 is 0 Å². The van der Waals surface area contributed by atoms with Gasteiger partial charge in [-0.15, -0.1) is 0 Å². The number of benzene rings is 1. The largest absolute Gasteiger partial charge is 0.440 e. The molecule has 0 atom stereocenters. The summed E-state index contributed by atoms with van der Waals surface area (Å²) in [5, 5.41) is 0. The van der Waals surface area contributed by atoms with Crippen molar-refractivity contribution in [2.45, 2.75) is 32.1 Å². The molecule has 0 spiro atoms. The Hall–Kier alpha value is -2.89. The number of amides is 1. The highest BCUT2D eigenvalue weighted by Gasteiger charge is 2.28. The van der Waals surface area contributed by atoms with Crippen molar-refractivity contribution in [3.05, 3.63) is 63.9 Å². The van der Waals surface area contributed by atoms with Crippen LogP contribution >= 0.6 is 0 Å². The lowest BCUT2D eigenvalue weighted by Gasteiger charge is -2.31. The zero-order valence-corrected chi connectivity index (χ0v) is 14.7. The second-order valence-corrected chi connectivity index (χ2v) is 6.65. The predicted octanol–water partition coefficient (Wildman–Crippen LogP) is 3.10. The van der Waals surface area contributed by atoms with Crippen LogP contribution in [0.1, 0.15) is 47.6 Å². The van der Waals surface area contributed by atoms with Gasteiger partial charge in [0.05, 0.1) is 5.56 Å². The first-order chi connectivity index (χ1) is 12.7. The Kier molecular flexibility index (Phi) is 4.32. The van der Waals surface area contributed by atoms with Crippen LogP contribution in [0.25, 0.3) is 11.1 Å². The average molecular weight is 351 g/mol. The number of oxazole rings is 1. The normalized spacial score (nSPS) is 15.5. The molecule has 3 aromatic rings. The molecule has 134 valence electrons. The van der Waals surface area contributed by atoms with E-state index < -0.39 is 0 Å². The zero-order chi connectivity index (χ0) is 18.1. The van der Waals surface area contributed by atoms with Gasteiger partial charge in [-0.05, 0) is 37.5 Å². The van der Waals surface area contributed by atoms with E-state index in [-0.39, 0.29) is 17.4 Å². The monoisotopic (exact) mass is 351 g/mol. The van der Waals surface area contributed by atoms with E-state index in [0.717, 1.165) is 29.8 Å². The van der Waals surface area contributed by atoms with Gasteiger partial charge in [0.15, 0.2) is 11.5 Å². The number of para-hydroxylation sites is 2. The number of aryl methyl sites for hydroxylation is 1. The number of likely N-dealkylation sites (tertiary alicyclic amines) is 1. The predicted molar refractivity (Wildman–Crippen MR) is 98.3 cm³/mol. The van der Waals surface area contributed by atoms with Gasteiger partial charge in [0, 0.05) is 30.8 Å². The van der Waals surface area contributed by atoms with Crippen LogP contribution in [0.4, 0.5) is 0 Å². The van der Waals surface area contributed by atoms with Gasteiger partial charge >= 0.3 is 0 Å². The molecule has 0 bridgehead atoms. The molecule has 1 fully saturated rings. The summed E-state index contributed by atoms with van der Waals surface area (Å²) in [6, 6.07) is 10.8. The second kappa shape index (κ2) is 6.78. The summed E-state index contributed by atoms with van der Waals surface area (Å²) in [6.45, 7) is 3.25. The first-order valence-corrected chi connectivity index (χ1v) is 9.02. The van der Waals surface area contributed by atoms with Crippen LogP contribution in [-0.4, -0.2) is 33.9 Å². The van der Waals surface area contributed by atoms with Crippen molar-refractivity contribution in [2.24, 2.45) is 0 Å². The smallest absolute Gasteiger partial charge is 0.255 e. The summed E-state index contributed by atoms with van der Waals surface area (Å²) in [5.41, 5.74) is 2.80. The van der Waals surface area contributed by atoms with Gasteiger partial charge in [0.2, 0.25) is 5.56 Å². The second-order valence-electron chi connectivity index (χ2n) is 6.65. The van der Waals surface area contributed by atoms with Crippen LogP contribution in [0.2, 0.25) is 0 Å². The molecule has 6 nitrogen and oxygen atoms in total. The van der Waals surface area contributed by atoms with Gasteiger partial charge in [0.25, 0.3) is 5.91 Å². The number of carbonyl (C=O) groups excluding carboxylic acids is 1. The molecule has 1 saturated heterocycles. The van der Waals surface area contributed by atoms with Gasteiger partial charge in [-0.2, -0.15) is 0 Å². The lowest BCUT2D eigenvalue weighted by atomic mass is 9.96. The number of nitrogens with one attached hydrogen (secondary N) is 1. The van der Waals surface area contributed by atoms with Gasteiger partial charge in [-0.1, -0.05) is 19.1 Å². The molecule has 1 amide bonds. The van der Waals surface area contributed by atoms with Crippen molar-refractivity contribution < 1.29 is 9.21 Å². The summed E-state index contributed by atoms with van der Waals surface area (Å²) in [7, 11) is 0. The molecule has 0 aliphatic carbocycles. The molecule has 0 unspecified atom stereocenters. The number of aromatic amines is 1. The molecule has 0 radical (unpaired) electrons. The summed E-state index contributed by atoms with van der Waals surface area (Å²) in [5.74, 6) is 0.971. The highest BCUT2D eigenvalue weighted by molar-refractivity contribution is 5.95. The minimum atomic E-state index is -0.173. The molecule has 1 aliphatic rings. The molecule has 1 aromatic carbocycles. The molecule has 1 aliphatic heterocycles. The number of rotatable bonds is 3. The van der Waals surface area contributed by atoms with Crippen molar-refractivity contribution >= 4 is 17.0 Å². The van der Waals surface area contributed by atoms with E-state index in [1.165, 1.54) is 6.07 Å². The summed E-state index contributed by atoms with van der Waals surface area (Å²) < 4.78 is 5.88. The van der Waals surface area contributed by atoms with Crippen LogP contribution < -0.4 is 5.56 Å². The lowest BCUT2D eigenvalue weighted by Crippen LogP contribution is -2.38. The van der Waals surface area contributed by atoms with Crippen LogP contribution in [0.3, 0.4) is 0 Å². The first kappa shape index (κ1) is 16.6. The highest BCUT2D eigenvalue weighted by atomic mass is 16.3. The number of hydrogen-bond acceptors (Lipinski definition) is 4. The van der Waals surface area contributed by atoms with Crippen LogP contribution in [-0.2, 0) is 6.42 Å². The third kappa shape index (κ3) is 3.03. The fourth-order valence-corrected chi connectivity index (χ4v) is 3.56. The van der Waals surface area contributed by atoms with Crippen molar-refractivity contribution in [3.63, 3.8) is 0 Å². The number of aromatic nitrogens is 2. The van der Waals surface area contributed by atoms with Crippen LogP contribution in [0.15, 0.2) is 45.6 Å². The van der Waals surface area contributed by atoms with Crippen LogP contribution in [0, 0.1) is 0 Å². The Morgan fingerprint density at radius 2 is 2.00 bits per heavy atom. The molecule has 2 aromatic heterocycles. The Labute approximate surface area is 150 Å². The number of fused-ring (bicyclic) bond motifs is 1. The molecular weight excluding hydrogens is 330 g/mol. The minimum Gasteiger partial charge on any atom is -0.440 e. The molecule has 4 rings (SSSR count). The number of pyridine rings is 1. The fourth-order valence-electron chi connectivity index (χ4n) is 3.56. The number of H-pyrrole nitrogens is 1. The molecule has 1 N–H and O–H groups in total. The van der Waals surface area contributed by atoms with Crippen molar-refractivity contribution in [3.8, 4) is 0 Å². The summed E-state index contributed by atoms with van der Waals surface area (Å²) in [6.07, 6.45) is 2.27. The maximum absolute atomic E-state index is 12.8. The van der Waals surface area contributed by atoms with E-state index in [0.29, 0.717) is 30.8 Å². The maximum Gasteiger partial charge on any atom is 0.255 e. The average Bonchev–Trinajstić information content (AvgIpc) is 3.11. The molecule has 26 heavy (non-hydrogen) atoms. The molecule has 6 heteroatoms. The molecule has 0 saturated carbocycles. The standard InChI is InChI=1S/C20H21N3O3/c1-2-15-14(7-8-18(24)21-15)20(25)23-11-9-13(10-12-23)19-22-16-5-3-4-6-17(16)26-19/h3-8,13H,2,9-12H2,1H3,(H,21,24). The van der Waals surface area contributed by atoms with E-state index in [1.54, 1.807) is 6.07 Å². The SMILES string of the molecule is CCc1[nH]c(=O)ccc1C(=O)N1CCC(c2nc3ccccc3o2)CC1. The maximum atomic E-state index is 12.8. The van der Waals surface area contributed by atoms with Crippen molar-refractivity contribution in [1.29, 1.82) is 0 Å². The highest BCUT2D eigenvalue weighted by Crippen LogP contribution is 2.30. The Morgan fingerprint density at radius 3 is 2.73 bits per heavy atom. The van der Waals surface area contributed by atoms with Crippen molar-refractivity contribution in [1.82, 2.24) is 14.9 Å². The van der Waals surface area contributed by atoms with E-state index in [4.69, 9.17) is 4.42 Å². The van der Waals surface area contributed by atoms with Gasteiger partial charge in [-0.25, -0.2) is 4.98 Å². The third-order valence-electron chi connectivity index (χ3n) is 5.03. The number of nitrogens with zero attached hydrogens (tertiary/aromatic N) is 2. The Bertz CT molecular complexity index is 964. The lowest BCUT2D eigenvalue weighted by molar-refractivity contribution is 0.0705. The summed E-state index contributed by atoms with van der Waals surface area (Å²) in [4.78, 5) is 33.5. The number of hydrogen-bond donors (Lipinski definition) is 1. The van der Waals surface area contributed by atoms with Gasteiger partial charge < -0.3 is 14.3 Å². The van der Waals surface area contributed by atoms with E-state index in [9.17, 15) is 9.59 Å². The zero-order valence-electron chi connectivity index (χ0n) is 14.7. The first-order valence-electron chi connectivity index (χ1n) is 9.02. The van der Waals surface area contributed by atoms with E-state index in [1.807, 2.05) is 36.1 Å². The number of piperidine rings is 1. The fraction of sp³-hybridized carbons (Fsp3) is 0.350. The van der Waals surface area contributed by atoms with Crippen LogP contribution in [0.5, 0.6) is 0 Å². The van der Waals surface area contributed by atoms with E-state index in [2.05, 4.69) is 9.97 Å². The molecule has 3 heterocycles. The van der Waals surface area contributed by atoms with Gasteiger partial charge in [0.1, 0.15) is 5.52 Å². The third-order valence-corrected chi connectivity index (χ3v) is 5.03. The Morgan fingerprint density at radius 1 is 1.23 bits per heavy atom. The van der Waals surface area contributed by atoms with Gasteiger partial charge in [-0.3, -0.25) is 9.59 Å². The van der Waals surface area contributed by atoms with Crippen molar-refractivity contribution in [2.75, 3.05) is 13.1 Å². The quantitative estimate of drug-likeness (QED) is 0.786. The summed E-state index contributed by atoms with van der Waals surface area (Å²) >= 11 is 0.